The smallest absolute Gasteiger partial charge is 0.274 e. The zero-order chi connectivity index (χ0) is 20.1. The second-order valence-electron chi connectivity index (χ2n) is 6.48. The van der Waals surface area contributed by atoms with E-state index in [1.54, 1.807) is 4.90 Å². The maximum Gasteiger partial charge on any atom is 0.274 e. The number of hydrogen-bond donors (Lipinski definition) is 2. The number of carbonyl (C=O) groups excluding carboxylic acids is 2. The fourth-order valence-electron chi connectivity index (χ4n) is 2.98. The van der Waals surface area contributed by atoms with E-state index < -0.39 is 10.0 Å². The van der Waals surface area contributed by atoms with E-state index in [0.29, 0.717) is 31.6 Å². The summed E-state index contributed by atoms with van der Waals surface area (Å²) in [7, 11) is -3.68. The van der Waals surface area contributed by atoms with Crippen LogP contribution in [0.5, 0.6) is 0 Å². The van der Waals surface area contributed by atoms with Crippen LogP contribution in [0.15, 0.2) is 47.8 Å². The van der Waals surface area contributed by atoms with Gasteiger partial charge in [-0.3, -0.25) is 14.6 Å². The third-order valence-corrected chi connectivity index (χ3v) is 5.91. The van der Waals surface area contributed by atoms with Crippen molar-refractivity contribution in [3.8, 4) is 0 Å². The SMILES string of the molecule is CC(=O)Nc1ccc(S(=O)(=O)NC2CCN(C(=O)c3cnccn3)CC2)cc1. The first-order chi connectivity index (χ1) is 13.3. The lowest BCUT2D eigenvalue weighted by atomic mass is 10.1. The van der Waals surface area contributed by atoms with Crippen LogP contribution in [-0.2, 0) is 14.8 Å². The Hall–Kier alpha value is -2.85. The number of rotatable bonds is 5. The van der Waals surface area contributed by atoms with E-state index >= 15 is 0 Å². The van der Waals surface area contributed by atoms with Gasteiger partial charge >= 0.3 is 0 Å². The minimum Gasteiger partial charge on any atom is -0.337 e. The predicted octanol–water partition coefficient (Wildman–Crippen LogP) is 1.02. The Labute approximate surface area is 163 Å². The van der Waals surface area contributed by atoms with Gasteiger partial charge in [0.15, 0.2) is 0 Å². The van der Waals surface area contributed by atoms with E-state index in [1.165, 1.54) is 49.8 Å². The Morgan fingerprint density at radius 2 is 1.79 bits per heavy atom. The number of nitrogens with one attached hydrogen (secondary N) is 2. The van der Waals surface area contributed by atoms with Crippen molar-refractivity contribution in [2.24, 2.45) is 0 Å². The number of aromatic nitrogens is 2. The Kier molecular flexibility index (Phi) is 6.00. The van der Waals surface area contributed by atoms with Gasteiger partial charge in [-0.05, 0) is 37.1 Å². The molecule has 1 aliphatic heterocycles. The van der Waals surface area contributed by atoms with Crippen molar-refractivity contribution >= 4 is 27.5 Å². The highest BCUT2D eigenvalue weighted by Gasteiger charge is 2.27. The molecule has 1 aromatic carbocycles. The second kappa shape index (κ2) is 8.44. The van der Waals surface area contributed by atoms with Crippen molar-refractivity contribution in [3.63, 3.8) is 0 Å². The topological polar surface area (TPSA) is 121 Å². The molecule has 2 heterocycles. The minimum absolute atomic E-state index is 0.125. The van der Waals surface area contributed by atoms with Crippen LogP contribution in [0.25, 0.3) is 0 Å². The van der Waals surface area contributed by atoms with Crippen molar-refractivity contribution in [3.05, 3.63) is 48.5 Å². The lowest BCUT2D eigenvalue weighted by Crippen LogP contribution is -2.46. The molecule has 0 radical (unpaired) electrons. The summed E-state index contributed by atoms with van der Waals surface area (Å²) in [6, 6.07) is 5.71. The van der Waals surface area contributed by atoms with Crippen LogP contribution in [-0.4, -0.2) is 54.2 Å². The quantitative estimate of drug-likeness (QED) is 0.769. The highest BCUT2D eigenvalue weighted by atomic mass is 32.2. The summed E-state index contributed by atoms with van der Waals surface area (Å²) in [5, 5.41) is 2.59. The summed E-state index contributed by atoms with van der Waals surface area (Å²) in [5.74, 6) is -0.431. The number of sulfonamides is 1. The van der Waals surface area contributed by atoms with Crippen molar-refractivity contribution in [1.29, 1.82) is 0 Å². The number of nitrogens with zero attached hydrogens (tertiary/aromatic N) is 3. The molecule has 1 aromatic heterocycles. The van der Waals surface area contributed by atoms with Crippen LogP contribution in [0.4, 0.5) is 5.69 Å². The molecule has 1 fully saturated rings. The average Bonchev–Trinajstić information content (AvgIpc) is 2.68. The van der Waals surface area contributed by atoms with Gasteiger partial charge in [-0.2, -0.15) is 0 Å². The summed E-state index contributed by atoms with van der Waals surface area (Å²) in [5.41, 5.74) is 0.808. The molecule has 148 valence electrons. The van der Waals surface area contributed by atoms with E-state index in [-0.39, 0.29) is 28.4 Å². The summed E-state index contributed by atoms with van der Waals surface area (Å²) < 4.78 is 27.8. The van der Waals surface area contributed by atoms with E-state index in [9.17, 15) is 18.0 Å². The number of carbonyl (C=O) groups is 2. The van der Waals surface area contributed by atoms with E-state index in [0.717, 1.165) is 0 Å². The van der Waals surface area contributed by atoms with Gasteiger partial charge in [0.1, 0.15) is 5.69 Å². The molecule has 10 heteroatoms. The molecule has 0 saturated carbocycles. The largest absolute Gasteiger partial charge is 0.337 e. The first kappa shape index (κ1) is 19.9. The number of anilines is 1. The van der Waals surface area contributed by atoms with Crippen LogP contribution in [0, 0.1) is 0 Å². The Morgan fingerprint density at radius 3 is 2.36 bits per heavy atom. The zero-order valence-corrected chi connectivity index (χ0v) is 16.1. The normalized spacial score (nSPS) is 15.2. The van der Waals surface area contributed by atoms with E-state index in [2.05, 4.69) is 20.0 Å². The van der Waals surface area contributed by atoms with Crippen molar-refractivity contribution in [1.82, 2.24) is 19.6 Å². The van der Waals surface area contributed by atoms with Gasteiger partial charge in [-0.1, -0.05) is 0 Å². The van der Waals surface area contributed by atoms with Gasteiger partial charge < -0.3 is 10.2 Å². The molecule has 1 saturated heterocycles. The van der Waals surface area contributed by atoms with Gasteiger partial charge in [0.05, 0.1) is 11.1 Å². The molecule has 2 amide bonds. The summed E-state index contributed by atoms with van der Waals surface area (Å²) in [6.45, 7) is 2.25. The van der Waals surface area contributed by atoms with Crippen LogP contribution >= 0.6 is 0 Å². The van der Waals surface area contributed by atoms with Crippen molar-refractivity contribution in [2.45, 2.75) is 30.7 Å². The fraction of sp³-hybridized carbons (Fsp3) is 0.333. The Bertz CT molecular complexity index is 940. The molecule has 0 bridgehead atoms. The predicted molar refractivity (Wildman–Crippen MR) is 102 cm³/mol. The molecule has 9 nitrogen and oxygen atoms in total. The average molecular weight is 403 g/mol. The van der Waals surface area contributed by atoms with Gasteiger partial charge in [0, 0.05) is 44.1 Å². The van der Waals surface area contributed by atoms with Crippen LogP contribution in [0.2, 0.25) is 0 Å². The third-order valence-electron chi connectivity index (χ3n) is 4.37. The van der Waals surface area contributed by atoms with Gasteiger partial charge in [0.25, 0.3) is 5.91 Å². The number of amides is 2. The molecule has 0 aliphatic carbocycles. The number of benzene rings is 1. The number of likely N-dealkylation sites (tertiary alicyclic amines) is 1. The molecular formula is C18H21N5O4S. The second-order valence-corrected chi connectivity index (χ2v) is 8.20. The van der Waals surface area contributed by atoms with E-state index in [1.807, 2.05) is 0 Å². The minimum atomic E-state index is -3.68. The standard InChI is InChI=1S/C18H21N5O4S/c1-13(24)21-14-2-4-16(5-3-14)28(26,27)22-15-6-10-23(11-7-15)18(25)17-12-19-8-9-20-17/h2-5,8-9,12,15,22H,6-7,10-11H2,1H3,(H,21,24). The van der Waals surface area contributed by atoms with Crippen LogP contribution < -0.4 is 10.0 Å². The van der Waals surface area contributed by atoms with E-state index in [4.69, 9.17) is 0 Å². The van der Waals surface area contributed by atoms with Crippen molar-refractivity contribution < 1.29 is 18.0 Å². The maximum absolute atomic E-state index is 12.6. The molecule has 2 N–H and O–H groups in total. The Balaban J connectivity index is 1.57. The molecular weight excluding hydrogens is 382 g/mol. The van der Waals surface area contributed by atoms with Crippen molar-refractivity contribution in [2.75, 3.05) is 18.4 Å². The summed E-state index contributed by atoms with van der Waals surface area (Å²) in [4.78, 5) is 33.1. The Morgan fingerprint density at radius 1 is 1.11 bits per heavy atom. The highest BCUT2D eigenvalue weighted by Crippen LogP contribution is 2.18. The summed E-state index contributed by atoms with van der Waals surface area (Å²) in [6.07, 6.45) is 5.40. The zero-order valence-electron chi connectivity index (χ0n) is 15.3. The molecule has 2 aromatic rings. The lowest BCUT2D eigenvalue weighted by molar-refractivity contribution is -0.114. The molecule has 3 rings (SSSR count). The molecule has 0 spiro atoms. The summed E-state index contributed by atoms with van der Waals surface area (Å²) >= 11 is 0. The molecule has 28 heavy (non-hydrogen) atoms. The van der Waals surface area contributed by atoms with Gasteiger partial charge in [-0.15, -0.1) is 0 Å². The van der Waals surface area contributed by atoms with Crippen LogP contribution in [0.1, 0.15) is 30.3 Å². The monoisotopic (exact) mass is 403 g/mol. The molecule has 0 atom stereocenters. The molecule has 0 unspecified atom stereocenters. The first-order valence-electron chi connectivity index (χ1n) is 8.80. The van der Waals surface area contributed by atoms with Gasteiger partial charge in [-0.25, -0.2) is 18.1 Å². The number of piperidine rings is 1. The number of hydrogen-bond acceptors (Lipinski definition) is 6. The maximum atomic E-state index is 12.6. The highest BCUT2D eigenvalue weighted by molar-refractivity contribution is 7.89. The lowest BCUT2D eigenvalue weighted by Gasteiger charge is -2.32. The van der Waals surface area contributed by atoms with Crippen LogP contribution in [0.3, 0.4) is 0 Å². The molecule has 1 aliphatic rings. The first-order valence-corrected chi connectivity index (χ1v) is 10.3. The third kappa shape index (κ3) is 4.90. The fourth-order valence-corrected chi connectivity index (χ4v) is 4.29. The van der Waals surface area contributed by atoms with Gasteiger partial charge in [0.2, 0.25) is 15.9 Å².